The lowest BCUT2D eigenvalue weighted by atomic mass is 10.0. The van der Waals surface area contributed by atoms with Crippen LogP contribution in [0.15, 0.2) is 18.2 Å². The van der Waals surface area contributed by atoms with Gasteiger partial charge in [0.2, 0.25) is 0 Å². The Hall–Kier alpha value is -0.640. The maximum Gasteiger partial charge on any atom is 0.141 e. The van der Waals surface area contributed by atoms with Gasteiger partial charge in [0.25, 0.3) is 0 Å². The zero-order chi connectivity index (χ0) is 12.3. The molecule has 17 heavy (non-hydrogen) atoms. The molecular weight excluding hydrogens is 241 g/mol. The van der Waals surface area contributed by atoms with Crippen LogP contribution < -0.4 is 5.73 Å². The molecule has 0 radical (unpaired) electrons. The average Bonchev–Trinajstić information content (AvgIpc) is 2.71. The van der Waals surface area contributed by atoms with Crippen molar-refractivity contribution in [2.24, 2.45) is 5.73 Å². The Labute approximate surface area is 106 Å². The zero-order valence-electron chi connectivity index (χ0n) is 9.72. The molecule has 0 aromatic heterocycles. The smallest absolute Gasteiger partial charge is 0.141 e. The minimum absolute atomic E-state index is 0.134. The van der Waals surface area contributed by atoms with Gasteiger partial charge in [-0.15, -0.1) is 0 Å². The highest BCUT2D eigenvalue weighted by Gasteiger charge is 2.29. The van der Waals surface area contributed by atoms with E-state index in [1.165, 1.54) is 18.9 Å². The Morgan fingerprint density at radius 1 is 1.35 bits per heavy atom. The third kappa shape index (κ3) is 3.41. The van der Waals surface area contributed by atoms with Crippen molar-refractivity contribution < 1.29 is 9.13 Å². The van der Waals surface area contributed by atoms with Gasteiger partial charge in [-0.05, 0) is 30.5 Å². The van der Waals surface area contributed by atoms with Gasteiger partial charge in [0.05, 0.1) is 18.2 Å². The molecule has 0 spiro atoms. The first-order valence-electron chi connectivity index (χ1n) is 5.90. The summed E-state index contributed by atoms with van der Waals surface area (Å²) in [7, 11) is 0. The highest BCUT2D eigenvalue weighted by molar-refractivity contribution is 6.30. The summed E-state index contributed by atoms with van der Waals surface area (Å²) in [6.07, 6.45) is 4.42. The van der Waals surface area contributed by atoms with Gasteiger partial charge >= 0.3 is 0 Å². The second-order valence-electron chi connectivity index (χ2n) is 4.81. The van der Waals surface area contributed by atoms with Crippen LogP contribution >= 0.6 is 11.6 Å². The largest absolute Gasteiger partial charge is 0.375 e. The van der Waals surface area contributed by atoms with Crippen molar-refractivity contribution in [3.05, 3.63) is 34.6 Å². The third-order valence-electron chi connectivity index (χ3n) is 3.24. The Kier molecular flexibility index (Phi) is 4.02. The summed E-state index contributed by atoms with van der Waals surface area (Å²) in [6, 6.07) is 4.63. The highest BCUT2D eigenvalue weighted by atomic mass is 35.5. The van der Waals surface area contributed by atoms with E-state index in [9.17, 15) is 4.39 Å². The van der Waals surface area contributed by atoms with Crippen molar-refractivity contribution in [2.45, 2.75) is 37.8 Å². The van der Waals surface area contributed by atoms with E-state index in [1.807, 2.05) is 0 Å². The van der Waals surface area contributed by atoms with Gasteiger partial charge in [0, 0.05) is 5.54 Å². The van der Waals surface area contributed by atoms with E-state index in [0.29, 0.717) is 13.2 Å². The molecule has 2 rings (SSSR count). The Morgan fingerprint density at radius 3 is 2.71 bits per heavy atom. The van der Waals surface area contributed by atoms with Crippen LogP contribution in [0.3, 0.4) is 0 Å². The van der Waals surface area contributed by atoms with Crippen molar-refractivity contribution in [3.8, 4) is 0 Å². The standard InChI is InChI=1S/C13H17ClFNO/c14-11-7-10(3-4-12(11)15)8-17-9-13(16)5-1-2-6-13/h3-4,7H,1-2,5-6,8-9,16H2. The molecule has 1 aromatic carbocycles. The maximum absolute atomic E-state index is 12.9. The molecule has 1 aliphatic carbocycles. The Bertz CT molecular complexity index is 391. The average molecular weight is 258 g/mol. The molecule has 0 aliphatic heterocycles. The van der Waals surface area contributed by atoms with Gasteiger partial charge in [-0.1, -0.05) is 30.5 Å². The Morgan fingerprint density at radius 2 is 2.06 bits per heavy atom. The first-order chi connectivity index (χ1) is 8.09. The summed E-state index contributed by atoms with van der Waals surface area (Å²) >= 11 is 5.69. The molecule has 1 aromatic rings. The summed E-state index contributed by atoms with van der Waals surface area (Å²) in [5.74, 6) is -0.401. The van der Waals surface area contributed by atoms with E-state index in [4.69, 9.17) is 22.1 Å². The molecule has 2 nitrogen and oxygen atoms in total. The van der Waals surface area contributed by atoms with Gasteiger partial charge in [-0.2, -0.15) is 0 Å². The molecule has 0 saturated heterocycles. The van der Waals surface area contributed by atoms with Crippen LogP contribution in [0.5, 0.6) is 0 Å². The van der Waals surface area contributed by atoms with Crippen LogP contribution in [0.1, 0.15) is 31.2 Å². The van der Waals surface area contributed by atoms with Crippen molar-refractivity contribution in [1.82, 2.24) is 0 Å². The number of benzene rings is 1. The van der Waals surface area contributed by atoms with E-state index >= 15 is 0 Å². The first kappa shape index (κ1) is 12.8. The molecule has 94 valence electrons. The molecule has 0 atom stereocenters. The molecule has 2 N–H and O–H groups in total. The molecule has 1 fully saturated rings. The Balaban J connectivity index is 1.83. The molecule has 1 saturated carbocycles. The second kappa shape index (κ2) is 5.34. The van der Waals surface area contributed by atoms with E-state index in [1.54, 1.807) is 12.1 Å². The number of hydrogen-bond acceptors (Lipinski definition) is 2. The first-order valence-corrected chi connectivity index (χ1v) is 6.27. The lowest BCUT2D eigenvalue weighted by Crippen LogP contribution is -2.41. The van der Waals surface area contributed by atoms with Gasteiger partial charge in [0.15, 0.2) is 0 Å². The topological polar surface area (TPSA) is 35.2 Å². The minimum atomic E-state index is -0.401. The van der Waals surface area contributed by atoms with Crippen molar-refractivity contribution in [3.63, 3.8) is 0 Å². The number of rotatable bonds is 4. The molecular formula is C13H17ClFNO. The summed E-state index contributed by atoms with van der Waals surface area (Å²) < 4.78 is 18.5. The number of hydrogen-bond donors (Lipinski definition) is 1. The summed E-state index contributed by atoms with van der Waals surface area (Å²) in [5, 5.41) is 0.134. The van der Waals surface area contributed by atoms with Crippen molar-refractivity contribution in [1.29, 1.82) is 0 Å². The zero-order valence-corrected chi connectivity index (χ0v) is 10.5. The lowest BCUT2D eigenvalue weighted by molar-refractivity contribution is 0.0751. The number of ether oxygens (including phenoxy) is 1. The van der Waals surface area contributed by atoms with Gasteiger partial charge in [0.1, 0.15) is 5.82 Å². The fourth-order valence-electron chi connectivity index (χ4n) is 2.23. The van der Waals surface area contributed by atoms with E-state index in [-0.39, 0.29) is 10.6 Å². The minimum Gasteiger partial charge on any atom is -0.375 e. The van der Waals surface area contributed by atoms with Crippen LogP contribution in [-0.2, 0) is 11.3 Å². The molecule has 0 amide bonds. The van der Waals surface area contributed by atoms with Crippen LogP contribution in [0, 0.1) is 5.82 Å². The monoisotopic (exact) mass is 257 g/mol. The summed E-state index contributed by atoms with van der Waals surface area (Å²) in [4.78, 5) is 0. The highest BCUT2D eigenvalue weighted by Crippen LogP contribution is 2.27. The molecule has 0 unspecified atom stereocenters. The lowest BCUT2D eigenvalue weighted by Gasteiger charge is -2.23. The molecule has 0 heterocycles. The predicted octanol–water partition coefficient (Wildman–Crippen LogP) is 3.27. The third-order valence-corrected chi connectivity index (χ3v) is 3.53. The van der Waals surface area contributed by atoms with Gasteiger partial charge in [-0.3, -0.25) is 0 Å². The quantitative estimate of drug-likeness (QED) is 0.899. The van der Waals surface area contributed by atoms with Crippen molar-refractivity contribution >= 4 is 11.6 Å². The van der Waals surface area contributed by atoms with Gasteiger partial charge in [-0.25, -0.2) is 4.39 Å². The van der Waals surface area contributed by atoms with Crippen LogP contribution in [0.25, 0.3) is 0 Å². The molecule has 0 bridgehead atoms. The SMILES string of the molecule is NC1(COCc2ccc(F)c(Cl)c2)CCCC1. The number of nitrogens with two attached hydrogens (primary N) is 1. The summed E-state index contributed by atoms with van der Waals surface area (Å²) in [5.41, 5.74) is 6.88. The molecule has 1 aliphatic rings. The summed E-state index contributed by atoms with van der Waals surface area (Å²) in [6.45, 7) is 0.987. The number of halogens is 2. The van der Waals surface area contributed by atoms with Gasteiger partial charge < -0.3 is 10.5 Å². The van der Waals surface area contributed by atoms with Crippen LogP contribution in [0.2, 0.25) is 5.02 Å². The van der Waals surface area contributed by atoms with E-state index in [0.717, 1.165) is 18.4 Å². The van der Waals surface area contributed by atoms with E-state index in [2.05, 4.69) is 0 Å². The van der Waals surface area contributed by atoms with E-state index < -0.39 is 5.82 Å². The fraction of sp³-hybridized carbons (Fsp3) is 0.538. The van der Waals surface area contributed by atoms with Crippen LogP contribution in [0.4, 0.5) is 4.39 Å². The molecule has 4 heteroatoms. The fourth-order valence-corrected chi connectivity index (χ4v) is 2.43. The van der Waals surface area contributed by atoms with Crippen molar-refractivity contribution in [2.75, 3.05) is 6.61 Å². The second-order valence-corrected chi connectivity index (χ2v) is 5.22. The predicted molar refractivity (Wildman–Crippen MR) is 66.5 cm³/mol. The maximum atomic E-state index is 12.9. The normalized spacial score (nSPS) is 18.5. The van der Waals surface area contributed by atoms with Crippen LogP contribution in [-0.4, -0.2) is 12.1 Å².